The molecule has 0 bridgehead atoms. The molecule has 0 aliphatic rings. The molecule has 0 aliphatic carbocycles. The Balaban J connectivity index is 1.46. The number of Topliss-reactive ketones (excluding diaryl/α,β-unsaturated/α-hetero) is 1. The third-order valence-electron chi connectivity index (χ3n) is 5.55. The summed E-state index contributed by atoms with van der Waals surface area (Å²) in [7, 11) is 0. The molecule has 0 amide bonds. The first kappa shape index (κ1) is 20.6. The van der Waals surface area contributed by atoms with Gasteiger partial charge in [0.05, 0.1) is 0 Å². The number of carbonyl (C=O) groups is 1. The van der Waals surface area contributed by atoms with Gasteiger partial charge >= 0.3 is 6.08 Å². The van der Waals surface area contributed by atoms with E-state index in [1.807, 2.05) is 37.3 Å². The second kappa shape index (κ2) is 8.36. The molecule has 0 radical (unpaired) electrons. The largest absolute Gasteiger partial charge is 0.409 e. The number of halogens is 1. The van der Waals surface area contributed by atoms with Gasteiger partial charge in [-0.1, -0.05) is 54.6 Å². The molecule has 0 saturated heterocycles. The fourth-order valence-electron chi connectivity index (χ4n) is 3.78. The van der Waals surface area contributed by atoms with Crippen molar-refractivity contribution in [1.29, 1.82) is 0 Å². The number of benzene rings is 4. The minimum atomic E-state index is -0.599. The zero-order valence-corrected chi connectivity index (χ0v) is 18.1. The van der Waals surface area contributed by atoms with Gasteiger partial charge in [-0.05, 0) is 72.0 Å². The van der Waals surface area contributed by atoms with Crippen LogP contribution in [0.2, 0.25) is 0 Å². The molecule has 4 aromatic carbocycles. The molecule has 5 heteroatoms. The Morgan fingerprint density at radius 1 is 0.879 bits per heavy atom. The highest BCUT2D eigenvalue weighted by Gasteiger charge is 2.15. The normalized spacial score (nSPS) is 11.0. The Morgan fingerprint density at radius 3 is 2.30 bits per heavy atom. The van der Waals surface area contributed by atoms with E-state index in [9.17, 15) is 9.18 Å². The van der Waals surface area contributed by atoms with Crippen molar-refractivity contribution >= 4 is 16.9 Å². The predicted molar refractivity (Wildman–Crippen MR) is 126 cm³/mol. The van der Waals surface area contributed by atoms with E-state index in [0.717, 1.165) is 27.8 Å². The lowest BCUT2D eigenvalue weighted by atomic mass is 9.97. The Hall–Kier alpha value is -4.25. The van der Waals surface area contributed by atoms with Crippen molar-refractivity contribution in [2.24, 2.45) is 0 Å². The fraction of sp³-hybridized carbons (Fsp3) is 0.0714. The van der Waals surface area contributed by atoms with Crippen LogP contribution in [0, 0.1) is 12.7 Å². The number of aromatic nitrogens is 1. The quantitative estimate of drug-likeness (QED) is 0.266. The van der Waals surface area contributed by atoms with Gasteiger partial charge in [0.15, 0.2) is 22.9 Å². The van der Waals surface area contributed by atoms with Crippen molar-refractivity contribution in [1.82, 2.24) is 4.98 Å². The molecule has 0 N–H and O–H groups in total. The molecular formula is C28H20FNO3. The van der Waals surface area contributed by atoms with Crippen LogP contribution in [-0.2, 0) is 0 Å². The summed E-state index contributed by atoms with van der Waals surface area (Å²) in [6.45, 7) is 3.41. The molecule has 162 valence electrons. The summed E-state index contributed by atoms with van der Waals surface area (Å²) >= 11 is 0. The molecule has 0 saturated carbocycles. The van der Waals surface area contributed by atoms with E-state index < -0.39 is 5.82 Å². The Labute approximate surface area is 190 Å². The van der Waals surface area contributed by atoms with E-state index in [1.165, 1.54) is 25.1 Å². The van der Waals surface area contributed by atoms with Crippen molar-refractivity contribution in [3.8, 4) is 34.1 Å². The third kappa shape index (κ3) is 4.13. The van der Waals surface area contributed by atoms with Crippen LogP contribution in [0.25, 0.3) is 33.4 Å². The molecule has 1 heterocycles. The number of rotatable bonds is 5. The minimum Gasteiger partial charge on any atom is -0.409 e. The lowest BCUT2D eigenvalue weighted by molar-refractivity contribution is 0.101. The van der Waals surface area contributed by atoms with Crippen LogP contribution in [-0.4, -0.2) is 10.8 Å². The van der Waals surface area contributed by atoms with E-state index >= 15 is 0 Å². The molecule has 0 spiro atoms. The number of carbonyl (C=O) groups excluding carboxylic acids is 1. The van der Waals surface area contributed by atoms with Crippen LogP contribution in [0.5, 0.6) is 11.8 Å². The Kier molecular flexibility index (Phi) is 5.23. The maximum Gasteiger partial charge on any atom is 0.400 e. The predicted octanol–water partition coefficient (Wildman–Crippen LogP) is 7.60. The Morgan fingerprint density at radius 2 is 1.58 bits per heavy atom. The molecule has 0 aliphatic heterocycles. The van der Waals surface area contributed by atoms with Gasteiger partial charge in [0.25, 0.3) is 0 Å². The summed E-state index contributed by atoms with van der Waals surface area (Å²) < 4.78 is 25.4. The summed E-state index contributed by atoms with van der Waals surface area (Å²) in [5, 5.41) is 0. The highest BCUT2D eigenvalue weighted by molar-refractivity contribution is 5.94. The maximum absolute atomic E-state index is 14.2. The molecule has 4 nitrogen and oxygen atoms in total. The van der Waals surface area contributed by atoms with Crippen LogP contribution >= 0.6 is 0 Å². The van der Waals surface area contributed by atoms with Crippen LogP contribution in [0.4, 0.5) is 4.39 Å². The molecular weight excluding hydrogens is 417 g/mol. The first-order valence-electron chi connectivity index (χ1n) is 10.5. The molecule has 0 atom stereocenters. The summed E-state index contributed by atoms with van der Waals surface area (Å²) in [4.78, 5) is 16.0. The van der Waals surface area contributed by atoms with Gasteiger partial charge in [0, 0.05) is 5.56 Å². The zero-order valence-electron chi connectivity index (χ0n) is 18.1. The maximum atomic E-state index is 14.2. The number of hydrogen-bond donors (Lipinski definition) is 0. The number of fused-ring (bicyclic) bond motifs is 1. The Bertz CT molecular complexity index is 1470. The SMILES string of the molecule is CC(=O)c1ccc(F)c(Oc2nc3cc(-c4ccc(-c5ccccc5)cc4)c(C)cc3o2)c1. The number of hydrogen-bond acceptors (Lipinski definition) is 4. The average Bonchev–Trinajstić information content (AvgIpc) is 3.21. The van der Waals surface area contributed by atoms with Gasteiger partial charge in [0.1, 0.15) is 5.52 Å². The summed E-state index contributed by atoms with van der Waals surface area (Å²) in [6, 6.07) is 26.3. The monoisotopic (exact) mass is 437 g/mol. The number of ketones is 1. The molecule has 0 fully saturated rings. The van der Waals surface area contributed by atoms with Gasteiger partial charge in [-0.2, -0.15) is 4.98 Å². The second-order valence-electron chi connectivity index (χ2n) is 7.86. The topological polar surface area (TPSA) is 52.3 Å². The van der Waals surface area contributed by atoms with Crippen molar-refractivity contribution in [3.63, 3.8) is 0 Å². The lowest BCUT2D eigenvalue weighted by Crippen LogP contribution is -1.95. The van der Waals surface area contributed by atoms with E-state index in [1.54, 1.807) is 0 Å². The fourth-order valence-corrected chi connectivity index (χ4v) is 3.78. The van der Waals surface area contributed by atoms with Gasteiger partial charge in [-0.3, -0.25) is 4.79 Å². The number of aryl methyl sites for hydroxylation is 1. The van der Waals surface area contributed by atoms with Crippen LogP contribution < -0.4 is 4.74 Å². The average molecular weight is 437 g/mol. The molecule has 0 unspecified atom stereocenters. The van der Waals surface area contributed by atoms with E-state index in [4.69, 9.17) is 9.15 Å². The molecule has 5 aromatic rings. The van der Waals surface area contributed by atoms with Crippen LogP contribution in [0.3, 0.4) is 0 Å². The molecule has 33 heavy (non-hydrogen) atoms. The third-order valence-corrected chi connectivity index (χ3v) is 5.55. The van der Waals surface area contributed by atoms with Crippen molar-refractivity contribution < 1.29 is 18.3 Å². The highest BCUT2D eigenvalue weighted by atomic mass is 19.1. The van der Waals surface area contributed by atoms with Crippen LogP contribution in [0.1, 0.15) is 22.8 Å². The zero-order chi connectivity index (χ0) is 22.9. The lowest BCUT2D eigenvalue weighted by Gasteiger charge is -2.07. The van der Waals surface area contributed by atoms with Gasteiger partial charge in [0.2, 0.25) is 0 Å². The number of oxazole rings is 1. The molecule has 5 rings (SSSR count). The van der Waals surface area contributed by atoms with Gasteiger partial charge in [-0.25, -0.2) is 4.39 Å². The van der Waals surface area contributed by atoms with Crippen molar-refractivity contribution in [2.75, 3.05) is 0 Å². The first-order valence-corrected chi connectivity index (χ1v) is 10.5. The standard InChI is InChI=1S/C28H20FNO3/c1-17-14-27-25(30-28(33-27)32-26-15-22(18(2)31)12-13-24(26)29)16-23(17)21-10-8-20(9-11-21)19-6-4-3-5-7-19/h3-16H,1-2H3. The minimum absolute atomic E-state index is 0.0828. The van der Waals surface area contributed by atoms with Gasteiger partial charge in [-0.15, -0.1) is 0 Å². The van der Waals surface area contributed by atoms with Gasteiger partial charge < -0.3 is 9.15 Å². The van der Waals surface area contributed by atoms with E-state index in [2.05, 4.69) is 41.4 Å². The smallest absolute Gasteiger partial charge is 0.400 e. The van der Waals surface area contributed by atoms with Crippen LogP contribution in [0.15, 0.2) is 89.3 Å². The summed E-state index contributed by atoms with van der Waals surface area (Å²) in [5.74, 6) is -0.892. The number of ether oxygens (including phenoxy) is 1. The van der Waals surface area contributed by atoms with E-state index in [0.29, 0.717) is 16.7 Å². The summed E-state index contributed by atoms with van der Waals surface area (Å²) in [5.41, 5.74) is 6.88. The van der Waals surface area contributed by atoms with Crippen molar-refractivity contribution in [3.05, 3.63) is 102 Å². The van der Waals surface area contributed by atoms with E-state index in [-0.39, 0.29) is 17.6 Å². The highest BCUT2D eigenvalue weighted by Crippen LogP contribution is 2.33. The van der Waals surface area contributed by atoms with Crippen molar-refractivity contribution in [2.45, 2.75) is 13.8 Å². The first-order chi connectivity index (χ1) is 16.0. The molecule has 1 aromatic heterocycles. The summed E-state index contributed by atoms with van der Waals surface area (Å²) in [6.07, 6.45) is -0.0828. The second-order valence-corrected chi connectivity index (χ2v) is 7.86. The number of nitrogens with zero attached hydrogens (tertiary/aromatic N) is 1.